The van der Waals surface area contributed by atoms with Crippen molar-refractivity contribution < 1.29 is 0 Å². The largest absolute Gasteiger partial charge is 0.310 e. The van der Waals surface area contributed by atoms with Gasteiger partial charge in [-0.05, 0) is 92.0 Å². The highest BCUT2D eigenvalue weighted by molar-refractivity contribution is 6.69. The van der Waals surface area contributed by atoms with E-state index in [-0.39, 0.29) is 0 Å². The molecule has 0 aliphatic carbocycles. The highest BCUT2D eigenvalue weighted by Crippen LogP contribution is 2.41. The number of hydrogen-bond acceptors (Lipinski definition) is 0. The van der Waals surface area contributed by atoms with Crippen LogP contribution < -0.4 is 38.2 Å². The Bertz CT molecular complexity index is 3590. The molecule has 0 aliphatic heterocycles. The molecule has 0 N–H and O–H groups in total. The SMILES string of the molecule is Bc1c(B)c(B)c2c(c1B)c1c(B)c(-c3ccc4c(c3)c3c(-c5ccccc5)cccc3n4-c3ccc(-c4ccccc4)cc3)c(B)c(B)c1n2-c1ccc2ccccc2c1. The van der Waals surface area contributed by atoms with Gasteiger partial charge in [-0.25, -0.2) is 0 Å². The second-order valence-electron chi connectivity index (χ2n) is 17.1. The summed E-state index contributed by atoms with van der Waals surface area (Å²) in [6.07, 6.45) is 0. The Morgan fingerprint density at radius 1 is 0.311 bits per heavy atom. The van der Waals surface area contributed by atoms with Gasteiger partial charge in [0.1, 0.15) is 54.9 Å². The van der Waals surface area contributed by atoms with Gasteiger partial charge in [-0.1, -0.05) is 154 Å². The van der Waals surface area contributed by atoms with Crippen LogP contribution in [0.1, 0.15) is 0 Å². The van der Waals surface area contributed by atoms with E-state index in [0.717, 1.165) is 5.69 Å². The molecule has 2 heterocycles. The number of benzene rings is 9. The Hall–Kier alpha value is -6.71. The lowest BCUT2D eigenvalue weighted by Gasteiger charge is -2.19. The van der Waals surface area contributed by atoms with Crippen LogP contribution >= 0.6 is 0 Å². The molecule has 11 rings (SSSR count). The first-order valence-corrected chi connectivity index (χ1v) is 21.5. The van der Waals surface area contributed by atoms with Crippen molar-refractivity contribution in [2.45, 2.75) is 0 Å². The van der Waals surface area contributed by atoms with Crippen LogP contribution in [0.4, 0.5) is 0 Å². The third kappa shape index (κ3) is 5.60. The van der Waals surface area contributed by atoms with Crippen LogP contribution in [0.25, 0.3) is 99.1 Å². The van der Waals surface area contributed by atoms with Crippen LogP contribution in [0.3, 0.4) is 0 Å². The van der Waals surface area contributed by atoms with Crippen LogP contribution in [-0.2, 0) is 0 Å². The molecule has 2 aromatic heterocycles. The second-order valence-corrected chi connectivity index (χ2v) is 17.1. The smallest absolute Gasteiger partial charge is 0.141 e. The van der Waals surface area contributed by atoms with E-state index in [1.165, 1.54) is 132 Å². The van der Waals surface area contributed by atoms with Gasteiger partial charge >= 0.3 is 0 Å². The quantitative estimate of drug-likeness (QED) is 0.237. The molecular weight excluding hydrogens is 728 g/mol. The van der Waals surface area contributed by atoms with Crippen molar-refractivity contribution in [2.24, 2.45) is 0 Å². The Balaban J connectivity index is 1.20. The van der Waals surface area contributed by atoms with Crippen LogP contribution in [0.2, 0.25) is 0 Å². The molecule has 0 bridgehead atoms. The molecule has 0 spiro atoms. The second kappa shape index (κ2) is 14.2. The molecule has 0 aliphatic rings. The van der Waals surface area contributed by atoms with Crippen LogP contribution in [-0.4, -0.2) is 64.1 Å². The molecule has 0 fully saturated rings. The summed E-state index contributed by atoms with van der Waals surface area (Å²) >= 11 is 0. The molecule has 2 nitrogen and oxygen atoms in total. The van der Waals surface area contributed by atoms with E-state index in [2.05, 4.69) is 228 Å². The lowest BCUT2D eigenvalue weighted by molar-refractivity contribution is 1.18. The van der Waals surface area contributed by atoms with Crippen LogP contribution in [0.5, 0.6) is 0 Å². The minimum absolute atomic E-state index is 1.15. The van der Waals surface area contributed by atoms with Crippen molar-refractivity contribution in [1.82, 2.24) is 9.13 Å². The number of hydrogen-bond donors (Lipinski definition) is 0. The maximum absolute atomic E-state index is 2.58. The predicted octanol–water partition coefficient (Wildman–Crippen LogP) is 1.84. The summed E-state index contributed by atoms with van der Waals surface area (Å²) in [4.78, 5) is 0. The van der Waals surface area contributed by atoms with Gasteiger partial charge in [0.15, 0.2) is 0 Å². The zero-order valence-electron chi connectivity index (χ0n) is 36.0. The summed E-state index contributed by atoms with van der Waals surface area (Å²) in [5.41, 5.74) is 24.3. The zero-order valence-corrected chi connectivity index (χ0v) is 36.0. The van der Waals surface area contributed by atoms with Crippen molar-refractivity contribution in [3.05, 3.63) is 164 Å². The van der Waals surface area contributed by atoms with Gasteiger partial charge in [0.05, 0.1) is 11.0 Å². The number of aromatic nitrogens is 2. The number of fused-ring (bicyclic) bond motifs is 7. The molecule has 0 amide bonds. The molecular formula is C52H41B7N2. The third-order valence-electron chi connectivity index (χ3n) is 14.0. The molecule has 61 heavy (non-hydrogen) atoms. The zero-order chi connectivity index (χ0) is 41.7. The van der Waals surface area contributed by atoms with Gasteiger partial charge in [0, 0.05) is 38.6 Å². The van der Waals surface area contributed by atoms with E-state index in [4.69, 9.17) is 0 Å². The van der Waals surface area contributed by atoms with Crippen LogP contribution in [0, 0.1) is 0 Å². The van der Waals surface area contributed by atoms with Crippen molar-refractivity contribution in [3.8, 4) is 44.8 Å². The van der Waals surface area contributed by atoms with Crippen molar-refractivity contribution >= 4 is 148 Å². The van der Waals surface area contributed by atoms with E-state index in [1.807, 2.05) is 0 Å². The molecule has 9 heteroatoms. The summed E-state index contributed by atoms with van der Waals surface area (Å²) in [6.45, 7) is 0. The lowest BCUT2D eigenvalue weighted by Crippen LogP contribution is -2.48. The fraction of sp³-hybridized carbons (Fsp3) is 0. The molecule has 280 valence electrons. The standard InChI is InChI=1S/C52H41B7N2/c53-44-40(45(54)49(58)51-42(44)43-46(55)47(56)48(57)50(59)52(43)61(51)35-24-20-29-12-7-8-15-32(29)26-35)33-21-25-38-37(27-33)41-36(31-13-5-2-6-14-31)16-9-17-39(41)60(38)34-22-18-30(19-23-34)28-10-3-1-4-11-28/h1-27H,53-59H2. The molecule has 0 radical (unpaired) electrons. The lowest BCUT2D eigenvalue weighted by atomic mass is 9.64. The highest BCUT2D eigenvalue weighted by Gasteiger charge is 2.25. The molecule has 0 saturated heterocycles. The Morgan fingerprint density at radius 2 is 0.885 bits per heavy atom. The van der Waals surface area contributed by atoms with E-state index in [0.29, 0.717) is 0 Å². The summed E-state index contributed by atoms with van der Waals surface area (Å²) in [7, 11) is 16.3. The van der Waals surface area contributed by atoms with Crippen molar-refractivity contribution in [3.63, 3.8) is 0 Å². The first-order chi connectivity index (χ1) is 29.7. The minimum atomic E-state index is 1.15. The molecule has 0 saturated carbocycles. The van der Waals surface area contributed by atoms with Gasteiger partial charge in [0.25, 0.3) is 0 Å². The number of rotatable bonds is 5. The molecule has 9 aromatic carbocycles. The normalized spacial score (nSPS) is 11.7. The van der Waals surface area contributed by atoms with E-state index in [1.54, 1.807) is 0 Å². The Morgan fingerprint density at radius 3 is 1.61 bits per heavy atom. The Labute approximate surface area is 363 Å². The minimum Gasteiger partial charge on any atom is -0.310 e. The summed E-state index contributed by atoms with van der Waals surface area (Å²) in [5, 5.41) is 7.77. The van der Waals surface area contributed by atoms with Crippen molar-refractivity contribution in [2.75, 3.05) is 0 Å². The average molecular weight is 770 g/mol. The summed E-state index contributed by atoms with van der Waals surface area (Å²) < 4.78 is 5.04. The first-order valence-electron chi connectivity index (χ1n) is 21.5. The van der Waals surface area contributed by atoms with Crippen LogP contribution in [0.15, 0.2) is 164 Å². The van der Waals surface area contributed by atoms with Gasteiger partial charge in [-0.3, -0.25) is 0 Å². The topological polar surface area (TPSA) is 9.86 Å². The molecule has 0 atom stereocenters. The molecule has 0 unspecified atom stereocenters. The fourth-order valence-electron chi connectivity index (χ4n) is 10.5. The summed E-state index contributed by atoms with van der Waals surface area (Å²) in [6, 6.07) is 60.2. The summed E-state index contributed by atoms with van der Waals surface area (Å²) in [5.74, 6) is 0. The van der Waals surface area contributed by atoms with Gasteiger partial charge in [0.2, 0.25) is 0 Å². The maximum Gasteiger partial charge on any atom is 0.141 e. The predicted molar refractivity (Wildman–Crippen MR) is 286 cm³/mol. The average Bonchev–Trinajstić information content (AvgIpc) is 3.84. The highest BCUT2D eigenvalue weighted by atomic mass is 15.0. The first kappa shape index (κ1) is 37.3. The van der Waals surface area contributed by atoms with Gasteiger partial charge < -0.3 is 9.13 Å². The third-order valence-corrected chi connectivity index (χ3v) is 14.0. The number of nitrogens with zero attached hydrogens (tertiary/aromatic N) is 2. The van der Waals surface area contributed by atoms with E-state index in [9.17, 15) is 0 Å². The van der Waals surface area contributed by atoms with E-state index < -0.39 is 0 Å². The monoisotopic (exact) mass is 770 g/mol. The Kier molecular flexibility index (Phi) is 8.69. The van der Waals surface area contributed by atoms with E-state index >= 15 is 0 Å². The fourth-order valence-corrected chi connectivity index (χ4v) is 10.5. The maximum atomic E-state index is 2.58. The van der Waals surface area contributed by atoms with Crippen molar-refractivity contribution in [1.29, 1.82) is 0 Å². The van der Waals surface area contributed by atoms with Gasteiger partial charge in [-0.15, -0.1) is 5.46 Å². The molecule has 11 aromatic rings. The van der Waals surface area contributed by atoms with Gasteiger partial charge in [-0.2, -0.15) is 0 Å².